The Hall–Kier alpha value is -2.11. The average Bonchev–Trinajstić information content (AvgIpc) is 2.54. The molecule has 0 unspecified atom stereocenters. The van der Waals surface area contributed by atoms with E-state index in [2.05, 4.69) is 9.97 Å². The molecule has 0 saturated carbocycles. The SMILES string of the molecule is Cc1nc(N)c2c(C)c(C)n(CC(=O)N(C)C)c2n1. The molecule has 19 heavy (non-hydrogen) atoms. The van der Waals surface area contributed by atoms with Gasteiger partial charge in [-0.2, -0.15) is 0 Å². The lowest BCUT2D eigenvalue weighted by molar-refractivity contribution is -0.129. The molecule has 2 aromatic heterocycles. The average molecular weight is 261 g/mol. The smallest absolute Gasteiger partial charge is 0.242 e. The topological polar surface area (TPSA) is 77.0 Å². The first-order chi connectivity index (χ1) is 8.82. The van der Waals surface area contributed by atoms with Crippen molar-refractivity contribution in [1.29, 1.82) is 0 Å². The second-order valence-electron chi connectivity index (χ2n) is 4.94. The normalized spacial score (nSPS) is 11.0. The molecule has 0 aliphatic heterocycles. The highest BCUT2D eigenvalue weighted by Crippen LogP contribution is 2.27. The minimum Gasteiger partial charge on any atom is -0.383 e. The van der Waals surface area contributed by atoms with Crippen LogP contribution in [-0.2, 0) is 11.3 Å². The zero-order chi connectivity index (χ0) is 14.3. The number of fused-ring (bicyclic) bond motifs is 1. The molecule has 0 atom stereocenters. The number of aromatic nitrogens is 3. The van der Waals surface area contributed by atoms with Gasteiger partial charge >= 0.3 is 0 Å². The molecular weight excluding hydrogens is 242 g/mol. The standard InChI is InChI=1S/C13H19N5O/c1-7-8(2)18(6-10(19)17(4)5)13-11(7)12(14)15-9(3)16-13/h6H2,1-5H3,(H2,14,15,16). The van der Waals surface area contributed by atoms with Gasteiger partial charge in [-0.05, 0) is 26.3 Å². The number of carbonyl (C=O) groups excluding carboxylic acids is 1. The maximum atomic E-state index is 11.9. The summed E-state index contributed by atoms with van der Waals surface area (Å²) in [4.78, 5) is 22.1. The Morgan fingerprint density at radius 1 is 1.26 bits per heavy atom. The fourth-order valence-corrected chi connectivity index (χ4v) is 2.15. The van der Waals surface area contributed by atoms with Crippen molar-refractivity contribution in [2.45, 2.75) is 27.3 Å². The highest BCUT2D eigenvalue weighted by atomic mass is 16.2. The van der Waals surface area contributed by atoms with Gasteiger partial charge in [0.1, 0.15) is 23.8 Å². The number of anilines is 1. The minimum absolute atomic E-state index is 0.0230. The zero-order valence-electron chi connectivity index (χ0n) is 12.0. The number of amides is 1. The van der Waals surface area contributed by atoms with E-state index in [-0.39, 0.29) is 12.5 Å². The van der Waals surface area contributed by atoms with Crippen molar-refractivity contribution in [3.8, 4) is 0 Å². The lowest BCUT2D eigenvalue weighted by atomic mass is 10.2. The molecule has 102 valence electrons. The highest BCUT2D eigenvalue weighted by Gasteiger charge is 2.18. The Morgan fingerprint density at radius 3 is 2.47 bits per heavy atom. The van der Waals surface area contributed by atoms with Crippen LogP contribution in [-0.4, -0.2) is 39.4 Å². The minimum atomic E-state index is 0.0230. The third-order valence-electron chi connectivity index (χ3n) is 3.40. The number of nitrogen functional groups attached to an aromatic ring is 1. The van der Waals surface area contributed by atoms with Gasteiger partial charge in [0, 0.05) is 19.8 Å². The van der Waals surface area contributed by atoms with Gasteiger partial charge in [0.05, 0.1) is 5.39 Å². The van der Waals surface area contributed by atoms with Gasteiger partial charge in [-0.1, -0.05) is 0 Å². The van der Waals surface area contributed by atoms with Crippen LogP contribution in [0, 0.1) is 20.8 Å². The molecule has 0 aliphatic carbocycles. The number of likely N-dealkylation sites (N-methyl/N-ethyl adjacent to an activating group) is 1. The fraction of sp³-hybridized carbons (Fsp3) is 0.462. The number of hydrogen-bond donors (Lipinski definition) is 1. The summed E-state index contributed by atoms with van der Waals surface area (Å²) in [5.74, 6) is 1.11. The Morgan fingerprint density at radius 2 is 1.89 bits per heavy atom. The van der Waals surface area contributed by atoms with E-state index in [9.17, 15) is 4.79 Å². The molecule has 6 heteroatoms. The highest BCUT2D eigenvalue weighted by molar-refractivity contribution is 5.92. The summed E-state index contributed by atoms with van der Waals surface area (Å²) in [7, 11) is 3.48. The van der Waals surface area contributed by atoms with Crippen LogP contribution >= 0.6 is 0 Å². The van der Waals surface area contributed by atoms with Gasteiger partial charge in [0.15, 0.2) is 0 Å². The summed E-state index contributed by atoms with van der Waals surface area (Å²) in [5.41, 5.74) is 8.73. The summed E-state index contributed by atoms with van der Waals surface area (Å²) in [6.45, 7) is 6.00. The van der Waals surface area contributed by atoms with Gasteiger partial charge in [-0.15, -0.1) is 0 Å². The van der Waals surface area contributed by atoms with Crippen molar-refractivity contribution in [3.05, 3.63) is 17.1 Å². The van der Waals surface area contributed by atoms with Crippen molar-refractivity contribution < 1.29 is 4.79 Å². The quantitative estimate of drug-likeness (QED) is 0.875. The molecule has 2 rings (SSSR count). The predicted molar refractivity (Wildman–Crippen MR) is 74.8 cm³/mol. The van der Waals surface area contributed by atoms with E-state index in [0.29, 0.717) is 11.6 Å². The molecule has 0 spiro atoms. The Bertz CT molecular complexity index is 657. The Balaban J connectivity index is 2.67. The summed E-state index contributed by atoms with van der Waals surface area (Å²) < 4.78 is 1.90. The summed E-state index contributed by atoms with van der Waals surface area (Å²) in [5, 5.41) is 0.842. The van der Waals surface area contributed by atoms with Gasteiger partial charge in [0.2, 0.25) is 5.91 Å². The van der Waals surface area contributed by atoms with Crippen molar-refractivity contribution in [2.24, 2.45) is 0 Å². The van der Waals surface area contributed by atoms with Crippen molar-refractivity contribution >= 4 is 22.8 Å². The first-order valence-electron chi connectivity index (χ1n) is 6.12. The molecule has 0 bridgehead atoms. The number of carbonyl (C=O) groups is 1. The molecular formula is C13H19N5O. The molecule has 1 amide bonds. The van der Waals surface area contributed by atoms with Crippen LogP contribution in [0.1, 0.15) is 17.1 Å². The molecule has 0 fully saturated rings. The predicted octanol–water partition coefficient (Wildman–Crippen LogP) is 1.03. The first kappa shape index (κ1) is 13.3. The molecule has 0 aromatic carbocycles. The molecule has 2 aromatic rings. The lowest BCUT2D eigenvalue weighted by Gasteiger charge is -2.13. The van der Waals surface area contributed by atoms with Crippen LogP contribution in [0.15, 0.2) is 0 Å². The van der Waals surface area contributed by atoms with Crippen LogP contribution < -0.4 is 5.73 Å². The van der Waals surface area contributed by atoms with Crippen molar-refractivity contribution in [3.63, 3.8) is 0 Å². The van der Waals surface area contributed by atoms with Crippen LogP contribution in [0.25, 0.3) is 11.0 Å². The third-order valence-corrected chi connectivity index (χ3v) is 3.40. The summed E-state index contributed by atoms with van der Waals surface area (Å²) >= 11 is 0. The molecule has 0 radical (unpaired) electrons. The summed E-state index contributed by atoms with van der Waals surface area (Å²) in [6, 6.07) is 0. The van der Waals surface area contributed by atoms with E-state index in [4.69, 9.17) is 5.73 Å². The Labute approximate surface area is 112 Å². The molecule has 2 N–H and O–H groups in total. The van der Waals surface area contributed by atoms with E-state index >= 15 is 0 Å². The Kier molecular flexibility index (Phi) is 3.18. The maximum absolute atomic E-state index is 11.9. The number of rotatable bonds is 2. The second-order valence-corrected chi connectivity index (χ2v) is 4.94. The van der Waals surface area contributed by atoms with Gasteiger partial charge in [-0.25, -0.2) is 9.97 Å². The van der Waals surface area contributed by atoms with Gasteiger partial charge < -0.3 is 15.2 Å². The number of nitrogens with two attached hydrogens (primary N) is 1. The monoisotopic (exact) mass is 261 g/mol. The molecule has 6 nitrogen and oxygen atoms in total. The zero-order valence-corrected chi connectivity index (χ0v) is 12.0. The molecule has 0 aliphatic rings. The van der Waals surface area contributed by atoms with Gasteiger partial charge in [-0.3, -0.25) is 4.79 Å². The van der Waals surface area contributed by atoms with Crippen LogP contribution in [0.2, 0.25) is 0 Å². The first-order valence-corrected chi connectivity index (χ1v) is 6.12. The van der Waals surface area contributed by atoms with Gasteiger partial charge in [0.25, 0.3) is 0 Å². The third kappa shape index (κ3) is 2.14. The van der Waals surface area contributed by atoms with Crippen molar-refractivity contribution in [2.75, 3.05) is 19.8 Å². The van der Waals surface area contributed by atoms with E-state index in [1.807, 2.05) is 18.4 Å². The van der Waals surface area contributed by atoms with E-state index in [1.54, 1.807) is 25.9 Å². The number of aryl methyl sites for hydroxylation is 2. The second kappa shape index (κ2) is 4.53. The van der Waals surface area contributed by atoms with E-state index in [0.717, 1.165) is 22.3 Å². The van der Waals surface area contributed by atoms with Crippen LogP contribution in [0.5, 0.6) is 0 Å². The summed E-state index contributed by atoms with van der Waals surface area (Å²) in [6.07, 6.45) is 0. The maximum Gasteiger partial charge on any atom is 0.242 e. The molecule has 0 saturated heterocycles. The number of nitrogens with zero attached hydrogens (tertiary/aromatic N) is 4. The van der Waals surface area contributed by atoms with Crippen LogP contribution in [0.4, 0.5) is 5.82 Å². The largest absolute Gasteiger partial charge is 0.383 e. The number of hydrogen-bond acceptors (Lipinski definition) is 4. The molecule has 2 heterocycles. The van der Waals surface area contributed by atoms with E-state index in [1.165, 1.54) is 0 Å². The lowest BCUT2D eigenvalue weighted by Crippen LogP contribution is -2.26. The van der Waals surface area contributed by atoms with Crippen molar-refractivity contribution in [1.82, 2.24) is 19.4 Å². The fourth-order valence-electron chi connectivity index (χ4n) is 2.15. The van der Waals surface area contributed by atoms with Crippen LogP contribution in [0.3, 0.4) is 0 Å². The van der Waals surface area contributed by atoms with E-state index < -0.39 is 0 Å².